The van der Waals surface area contributed by atoms with Crippen LogP contribution in [-0.2, 0) is 14.4 Å². The van der Waals surface area contributed by atoms with Crippen molar-refractivity contribution in [3.63, 3.8) is 0 Å². The molecule has 2 N–H and O–H groups in total. The summed E-state index contributed by atoms with van der Waals surface area (Å²) >= 11 is 2.75. The molecular formula is C36H32N4O8S2. The second-order valence-corrected chi connectivity index (χ2v) is 15.2. The van der Waals surface area contributed by atoms with Gasteiger partial charge in [0, 0.05) is 33.9 Å². The summed E-state index contributed by atoms with van der Waals surface area (Å²) < 4.78 is 12.0. The number of non-ortho nitro benzene ring substituents is 1. The number of hydrogen-bond acceptors (Lipinski definition) is 10. The van der Waals surface area contributed by atoms with E-state index in [9.17, 15) is 29.3 Å². The first-order chi connectivity index (χ1) is 24.1. The van der Waals surface area contributed by atoms with Crippen LogP contribution in [0.25, 0.3) is 0 Å². The fourth-order valence-corrected chi connectivity index (χ4v) is 11.4. The van der Waals surface area contributed by atoms with Crippen molar-refractivity contribution < 1.29 is 28.8 Å². The highest BCUT2D eigenvalue weighted by Gasteiger charge is 2.69. The summed E-state index contributed by atoms with van der Waals surface area (Å²) in [4.78, 5) is 69.1. The van der Waals surface area contributed by atoms with Crippen LogP contribution in [0.5, 0.6) is 11.5 Å². The Kier molecular flexibility index (Phi) is 8.02. The number of thioether (sulfide) groups is 1. The van der Waals surface area contributed by atoms with Gasteiger partial charge in [-0.25, -0.2) is 0 Å². The van der Waals surface area contributed by atoms with E-state index in [4.69, 9.17) is 9.47 Å². The molecule has 256 valence electrons. The van der Waals surface area contributed by atoms with Crippen molar-refractivity contribution in [2.45, 2.75) is 36.5 Å². The molecule has 3 aromatic carbocycles. The van der Waals surface area contributed by atoms with Crippen LogP contribution in [0, 0.1) is 46.6 Å². The molecule has 2 aliphatic carbocycles. The van der Waals surface area contributed by atoms with Gasteiger partial charge in [0.05, 0.1) is 34.1 Å². The third-order valence-corrected chi connectivity index (χ3v) is 13.0. The molecule has 6 unspecified atom stereocenters. The van der Waals surface area contributed by atoms with E-state index in [0.717, 1.165) is 32.4 Å². The van der Waals surface area contributed by atoms with E-state index in [0.29, 0.717) is 35.9 Å². The number of aryl methyl sites for hydroxylation is 1. The third kappa shape index (κ3) is 5.19. The number of imide groups is 1. The topological polar surface area (TPSA) is 161 Å². The molecule has 14 heteroatoms. The number of amides is 3. The van der Waals surface area contributed by atoms with Gasteiger partial charge in [0.25, 0.3) is 11.6 Å². The molecule has 12 nitrogen and oxygen atoms in total. The molecule has 7 atom stereocenters. The molecule has 2 bridgehead atoms. The number of fused-ring (bicyclic) bond motifs is 9. The molecular weight excluding hydrogens is 681 g/mol. The van der Waals surface area contributed by atoms with Crippen molar-refractivity contribution in [2.24, 2.45) is 29.6 Å². The van der Waals surface area contributed by atoms with Crippen LogP contribution in [0.15, 0.2) is 76.6 Å². The predicted molar refractivity (Wildman–Crippen MR) is 187 cm³/mol. The Morgan fingerprint density at radius 1 is 1.00 bits per heavy atom. The molecule has 4 aliphatic rings. The first-order valence-electron chi connectivity index (χ1n) is 16.4. The Balaban J connectivity index is 1.10. The van der Waals surface area contributed by atoms with E-state index in [1.165, 1.54) is 29.2 Å². The van der Waals surface area contributed by atoms with E-state index in [1.54, 1.807) is 17.8 Å². The van der Waals surface area contributed by atoms with Crippen molar-refractivity contribution in [1.29, 1.82) is 0 Å². The standard InChI is InChI=1S/C36H32N4O8S2/c1-3-47-25-14-18(8-13-24(25)48-16-26(41)37-23-7-5-4-6-17(23)2)27-28-21-15-22(31(28)49-33-32(27)50-36(44)38-33)30-29(21)34(42)39(35(30)43)19-9-11-20(12-10-19)40(45)46/h4-14,21-22,27-31H,3,15-16H2,1-2H3,(H,37,41)(H,38,44)/t21?,22?,27-,28?,29?,30?,31?/m1/s1. The highest BCUT2D eigenvalue weighted by molar-refractivity contribution is 8.00. The second kappa shape index (κ2) is 12.4. The van der Waals surface area contributed by atoms with Gasteiger partial charge >= 0.3 is 4.87 Å². The average molecular weight is 713 g/mol. The molecule has 3 fully saturated rings. The molecule has 0 radical (unpaired) electrons. The Morgan fingerprint density at radius 2 is 1.74 bits per heavy atom. The number of thiazole rings is 1. The molecule has 0 spiro atoms. The summed E-state index contributed by atoms with van der Waals surface area (Å²) in [5.41, 5.74) is 2.75. The maximum Gasteiger partial charge on any atom is 0.305 e. The number of nitro groups is 1. The molecule has 3 amide bonds. The smallest absolute Gasteiger partial charge is 0.305 e. The van der Waals surface area contributed by atoms with Crippen LogP contribution < -0.4 is 24.6 Å². The number of anilines is 2. The number of hydrogen-bond donors (Lipinski definition) is 2. The molecule has 4 aromatic rings. The fourth-order valence-electron chi connectivity index (χ4n) is 8.52. The summed E-state index contributed by atoms with van der Waals surface area (Å²) in [6.07, 6.45) is 0.717. The Labute approximate surface area is 294 Å². The van der Waals surface area contributed by atoms with Gasteiger partial charge in [0.1, 0.15) is 0 Å². The molecule has 1 aromatic heterocycles. The highest BCUT2D eigenvalue weighted by atomic mass is 32.2. The van der Waals surface area contributed by atoms with Gasteiger partial charge in [0.2, 0.25) is 11.8 Å². The highest BCUT2D eigenvalue weighted by Crippen LogP contribution is 2.68. The molecule has 1 saturated heterocycles. The van der Waals surface area contributed by atoms with Crippen LogP contribution in [0.4, 0.5) is 17.1 Å². The van der Waals surface area contributed by atoms with Gasteiger partial charge in [-0.1, -0.05) is 35.6 Å². The van der Waals surface area contributed by atoms with Crippen molar-refractivity contribution in [3.05, 3.63) is 103 Å². The van der Waals surface area contributed by atoms with Gasteiger partial charge in [-0.05, 0) is 79.5 Å². The number of rotatable bonds is 9. The van der Waals surface area contributed by atoms with Crippen LogP contribution in [0.3, 0.4) is 0 Å². The van der Waals surface area contributed by atoms with E-state index in [1.807, 2.05) is 50.2 Å². The van der Waals surface area contributed by atoms with E-state index in [2.05, 4.69) is 10.3 Å². The lowest BCUT2D eigenvalue weighted by Gasteiger charge is -2.43. The number of nitro benzene ring substituents is 1. The number of H-pyrrole nitrogens is 1. The van der Waals surface area contributed by atoms with Gasteiger partial charge in [-0.2, -0.15) is 0 Å². The normalized spacial score (nSPS) is 26.0. The first-order valence-corrected chi connectivity index (χ1v) is 18.1. The Bertz CT molecular complexity index is 2110. The number of aromatic nitrogens is 1. The number of nitrogens with zero attached hydrogens (tertiary/aromatic N) is 2. The average Bonchev–Trinajstić information content (AvgIpc) is 3.84. The number of carbonyl (C=O) groups is 3. The number of nitrogens with one attached hydrogen (secondary N) is 2. The predicted octanol–water partition coefficient (Wildman–Crippen LogP) is 5.75. The first kappa shape index (κ1) is 32.3. The quantitative estimate of drug-likeness (QED) is 0.125. The largest absolute Gasteiger partial charge is 0.490 e. The monoisotopic (exact) mass is 712 g/mol. The van der Waals surface area contributed by atoms with Crippen molar-refractivity contribution in [2.75, 3.05) is 23.4 Å². The molecule has 8 rings (SSSR count). The van der Waals surface area contributed by atoms with E-state index < -0.39 is 16.8 Å². The molecule has 3 heterocycles. The summed E-state index contributed by atoms with van der Waals surface area (Å²) in [6.45, 7) is 3.90. The maximum absolute atomic E-state index is 14.1. The van der Waals surface area contributed by atoms with Crippen LogP contribution >= 0.6 is 23.1 Å². The summed E-state index contributed by atoms with van der Waals surface area (Å²) in [5, 5.41) is 14.8. The van der Waals surface area contributed by atoms with Gasteiger partial charge in [-0.3, -0.25) is 34.2 Å². The minimum absolute atomic E-state index is 0.0193. The van der Waals surface area contributed by atoms with Crippen LogP contribution in [0.1, 0.15) is 35.3 Å². The molecule has 2 saturated carbocycles. The lowest BCUT2D eigenvalue weighted by molar-refractivity contribution is -0.384. The number of aromatic amines is 1. The molecule has 2 aliphatic heterocycles. The van der Waals surface area contributed by atoms with E-state index >= 15 is 0 Å². The van der Waals surface area contributed by atoms with Crippen LogP contribution in [0.2, 0.25) is 0 Å². The minimum atomic E-state index is -0.523. The van der Waals surface area contributed by atoms with Gasteiger partial charge in [-0.15, -0.1) is 11.8 Å². The minimum Gasteiger partial charge on any atom is -0.490 e. The van der Waals surface area contributed by atoms with Gasteiger partial charge in [0.15, 0.2) is 18.1 Å². The summed E-state index contributed by atoms with van der Waals surface area (Å²) in [7, 11) is 0. The van der Waals surface area contributed by atoms with E-state index in [-0.39, 0.29) is 63.8 Å². The van der Waals surface area contributed by atoms with Crippen molar-refractivity contribution in [3.8, 4) is 11.5 Å². The second-order valence-electron chi connectivity index (χ2n) is 13.0. The maximum atomic E-state index is 14.1. The number of carbonyl (C=O) groups excluding carboxylic acids is 3. The number of ether oxygens (including phenoxy) is 2. The SMILES string of the molecule is CCOc1cc([C@H]2c3sc(=O)[nH]c3SC3C4CC(C5C(=O)N(c6ccc([N+](=O)[O-])cc6)C(=O)C45)C32)ccc1OCC(=O)Nc1ccccc1C. The fraction of sp³-hybridized carbons (Fsp3) is 0.333. The number of para-hydroxylation sites is 1. The lowest BCUT2D eigenvalue weighted by Crippen LogP contribution is -2.42. The number of benzene rings is 3. The van der Waals surface area contributed by atoms with Crippen molar-refractivity contribution in [1.82, 2.24) is 4.98 Å². The Hall–Kier alpha value is -4.95. The zero-order chi connectivity index (χ0) is 34.8. The lowest BCUT2D eigenvalue weighted by atomic mass is 9.68. The summed E-state index contributed by atoms with van der Waals surface area (Å²) in [6, 6.07) is 18.6. The zero-order valence-corrected chi connectivity index (χ0v) is 28.6. The summed E-state index contributed by atoms with van der Waals surface area (Å²) in [5.74, 6) is -1.50. The molecule has 50 heavy (non-hydrogen) atoms. The Morgan fingerprint density at radius 3 is 2.46 bits per heavy atom. The van der Waals surface area contributed by atoms with Gasteiger partial charge < -0.3 is 19.8 Å². The van der Waals surface area contributed by atoms with Crippen LogP contribution in [-0.4, -0.2) is 46.1 Å². The van der Waals surface area contributed by atoms with Crippen molar-refractivity contribution >= 4 is 57.9 Å². The third-order valence-electron chi connectivity index (χ3n) is 10.4. The zero-order valence-electron chi connectivity index (χ0n) is 27.0.